The number of carboxylic acids is 1. The molecule has 0 saturated heterocycles. The molecule has 0 spiro atoms. The maximum absolute atomic E-state index is 12.1. The second-order valence-corrected chi connectivity index (χ2v) is 4.32. The summed E-state index contributed by atoms with van der Waals surface area (Å²) in [5.41, 5.74) is 2.54. The molecule has 106 valence electrons. The number of aromatic nitrogens is 2. The lowest BCUT2D eigenvalue weighted by molar-refractivity contribution is -0.131. The lowest BCUT2D eigenvalue weighted by atomic mass is 10.0. The summed E-state index contributed by atoms with van der Waals surface area (Å²) in [4.78, 5) is 30.2. The predicted octanol–water partition coefficient (Wildman–Crippen LogP) is 2.14. The highest BCUT2D eigenvalue weighted by molar-refractivity contribution is 6.04. The van der Waals surface area contributed by atoms with Gasteiger partial charge in [-0.25, -0.2) is 14.8 Å². The average Bonchev–Trinajstić information content (AvgIpc) is 2.46. The smallest absolute Gasteiger partial charge is 0.328 e. The number of hydrogen-bond donors (Lipinski definition) is 2. The molecule has 0 saturated carbocycles. The van der Waals surface area contributed by atoms with Crippen molar-refractivity contribution in [2.24, 2.45) is 0 Å². The van der Waals surface area contributed by atoms with E-state index in [1.807, 2.05) is 6.92 Å². The predicted molar refractivity (Wildman–Crippen MR) is 77.8 cm³/mol. The molecule has 6 nitrogen and oxygen atoms in total. The normalized spacial score (nSPS) is 10.5. The van der Waals surface area contributed by atoms with Gasteiger partial charge in [-0.1, -0.05) is 6.07 Å². The summed E-state index contributed by atoms with van der Waals surface area (Å²) in [6, 6.07) is 5.03. The van der Waals surface area contributed by atoms with Gasteiger partial charge in [-0.2, -0.15) is 0 Å². The van der Waals surface area contributed by atoms with Crippen molar-refractivity contribution in [2.75, 3.05) is 5.32 Å². The molecule has 2 N–H and O–H groups in total. The van der Waals surface area contributed by atoms with Crippen molar-refractivity contribution in [3.63, 3.8) is 0 Å². The van der Waals surface area contributed by atoms with Crippen molar-refractivity contribution in [3.8, 4) is 0 Å². The molecular formula is C15H13N3O3. The molecule has 1 heterocycles. The molecule has 0 aliphatic rings. The summed E-state index contributed by atoms with van der Waals surface area (Å²) < 4.78 is 0. The molecular weight excluding hydrogens is 270 g/mol. The molecule has 0 atom stereocenters. The summed E-state index contributed by atoms with van der Waals surface area (Å²) in [6.07, 6.45) is 6.93. The summed E-state index contributed by atoms with van der Waals surface area (Å²) >= 11 is 0. The van der Waals surface area contributed by atoms with Gasteiger partial charge in [-0.15, -0.1) is 0 Å². The van der Waals surface area contributed by atoms with E-state index in [0.717, 1.165) is 17.2 Å². The van der Waals surface area contributed by atoms with Crippen LogP contribution in [0.4, 0.5) is 5.69 Å². The number of aryl methyl sites for hydroxylation is 1. The Hall–Kier alpha value is -3.02. The third kappa shape index (κ3) is 3.97. The summed E-state index contributed by atoms with van der Waals surface area (Å²) in [5.74, 6) is -1.29. The molecule has 0 fully saturated rings. The van der Waals surface area contributed by atoms with E-state index in [1.54, 1.807) is 18.2 Å². The molecule has 0 aliphatic heterocycles. The van der Waals surface area contributed by atoms with E-state index in [4.69, 9.17) is 5.11 Å². The highest BCUT2D eigenvalue weighted by atomic mass is 16.4. The standard InChI is InChI=1S/C15H13N3O3/c1-10-6-12(3-2-11(10)4-5-14(19)20)15(21)18-13-7-16-9-17-8-13/h2-9H,1H3,(H,18,21)(H,19,20)/b5-4+. The van der Waals surface area contributed by atoms with Crippen LogP contribution >= 0.6 is 0 Å². The van der Waals surface area contributed by atoms with Gasteiger partial charge in [0.15, 0.2) is 0 Å². The van der Waals surface area contributed by atoms with E-state index in [0.29, 0.717) is 11.3 Å². The van der Waals surface area contributed by atoms with Gasteiger partial charge in [0.2, 0.25) is 0 Å². The number of benzene rings is 1. The number of anilines is 1. The number of rotatable bonds is 4. The van der Waals surface area contributed by atoms with E-state index in [2.05, 4.69) is 15.3 Å². The zero-order valence-electron chi connectivity index (χ0n) is 11.3. The molecule has 2 aromatic rings. The fraction of sp³-hybridized carbons (Fsp3) is 0.0667. The van der Waals surface area contributed by atoms with Crippen molar-refractivity contribution in [1.29, 1.82) is 0 Å². The molecule has 0 radical (unpaired) electrons. The molecule has 1 amide bonds. The minimum absolute atomic E-state index is 0.276. The van der Waals surface area contributed by atoms with Crippen LogP contribution in [0.3, 0.4) is 0 Å². The van der Waals surface area contributed by atoms with Crippen molar-refractivity contribution in [2.45, 2.75) is 6.92 Å². The number of nitrogens with zero attached hydrogens (tertiary/aromatic N) is 2. The SMILES string of the molecule is Cc1cc(C(=O)Nc2cncnc2)ccc1/C=C/C(=O)O. The third-order valence-corrected chi connectivity index (χ3v) is 2.76. The average molecular weight is 283 g/mol. The van der Waals surface area contributed by atoms with Gasteiger partial charge in [0.25, 0.3) is 5.91 Å². The molecule has 0 unspecified atom stereocenters. The van der Waals surface area contributed by atoms with Crippen molar-refractivity contribution in [3.05, 3.63) is 59.7 Å². The zero-order valence-corrected chi connectivity index (χ0v) is 11.3. The molecule has 0 aliphatic carbocycles. The second-order valence-electron chi connectivity index (χ2n) is 4.32. The van der Waals surface area contributed by atoms with Crippen LogP contribution in [-0.4, -0.2) is 27.0 Å². The van der Waals surface area contributed by atoms with Crippen LogP contribution in [0.1, 0.15) is 21.5 Å². The fourth-order valence-corrected chi connectivity index (χ4v) is 1.73. The second kappa shape index (κ2) is 6.42. The van der Waals surface area contributed by atoms with Gasteiger partial charge in [0.05, 0.1) is 18.1 Å². The Morgan fingerprint density at radius 2 is 1.95 bits per heavy atom. The summed E-state index contributed by atoms with van der Waals surface area (Å²) in [5, 5.41) is 11.3. The molecule has 6 heteroatoms. The Balaban J connectivity index is 2.16. The molecule has 1 aromatic heterocycles. The maximum atomic E-state index is 12.1. The topological polar surface area (TPSA) is 92.2 Å². The van der Waals surface area contributed by atoms with E-state index < -0.39 is 5.97 Å². The van der Waals surface area contributed by atoms with E-state index in [-0.39, 0.29) is 5.91 Å². The molecule has 21 heavy (non-hydrogen) atoms. The van der Waals surface area contributed by atoms with Crippen LogP contribution in [-0.2, 0) is 4.79 Å². The number of nitrogens with one attached hydrogen (secondary N) is 1. The monoisotopic (exact) mass is 283 g/mol. The maximum Gasteiger partial charge on any atom is 0.328 e. The Labute approximate surface area is 121 Å². The third-order valence-electron chi connectivity index (χ3n) is 2.76. The Morgan fingerprint density at radius 3 is 2.57 bits per heavy atom. The number of hydrogen-bond acceptors (Lipinski definition) is 4. The summed E-state index contributed by atoms with van der Waals surface area (Å²) in [7, 11) is 0. The number of carbonyl (C=O) groups excluding carboxylic acids is 1. The van der Waals surface area contributed by atoms with Crippen LogP contribution in [0.5, 0.6) is 0 Å². The first-order valence-corrected chi connectivity index (χ1v) is 6.14. The Morgan fingerprint density at radius 1 is 1.24 bits per heavy atom. The molecule has 1 aromatic carbocycles. The van der Waals surface area contributed by atoms with Crippen LogP contribution in [0.2, 0.25) is 0 Å². The van der Waals surface area contributed by atoms with Crippen LogP contribution in [0, 0.1) is 6.92 Å². The minimum Gasteiger partial charge on any atom is -0.478 e. The van der Waals surface area contributed by atoms with Gasteiger partial charge < -0.3 is 10.4 Å². The van der Waals surface area contributed by atoms with Crippen molar-refractivity contribution in [1.82, 2.24) is 9.97 Å². The molecule has 0 bridgehead atoms. The first-order chi connectivity index (χ1) is 10.1. The fourth-order valence-electron chi connectivity index (χ4n) is 1.73. The van der Waals surface area contributed by atoms with Gasteiger partial charge in [-0.05, 0) is 36.3 Å². The Bertz CT molecular complexity index is 697. The molecule has 2 rings (SSSR count). The van der Waals surface area contributed by atoms with E-state index >= 15 is 0 Å². The lowest BCUT2D eigenvalue weighted by Crippen LogP contribution is -2.12. The first-order valence-electron chi connectivity index (χ1n) is 6.14. The van der Waals surface area contributed by atoms with Gasteiger partial charge in [0, 0.05) is 11.6 Å². The quantitative estimate of drug-likeness (QED) is 0.839. The number of carboxylic acid groups (broad SMARTS) is 1. The van der Waals surface area contributed by atoms with Crippen LogP contribution in [0.15, 0.2) is 43.0 Å². The van der Waals surface area contributed by atoms with Crippen LogP contribution < -0.4 is 5.32 Å². The lowest BCUT2D eigenvalue weighted by Gasteiger charge is -2.06. The number of aliphatic carboxylic acids is 1. The Kier molecular flexibility index (Phi) is 4.40. The number of carbonyl (C=O) groups is 2. The summed E-state index contributed by atoms with van der Waals surface area (Å²) in [6.45, 7) is 1.81. The van der Waals surface area contributed by atoms with E-state index in [1.165, 1.54) is 24.8 Å². The number of amides is 1. The van der Waals surface area contributed by atoms with Gasteiger partial charge in [0.1, 0.15) is 6.33 Å². The van der Waals surface area contributed by atoms with Gasteiger partial charge >= 0.3 is 5.97 Å². The highest BCUT2D eigenvalue weighted by Crippen LogP contribution is 2.14. The zero-order chi connectivity index (χ0) is 15.2. The largest absolute Gasteiger partial charge is 0.478 e. The van der Waals surface area contributed by atoms with Crippen LogP contribution in [0.25, 0.3) is 6.08 Å². The van der Waals surface area contributed by atoms with Gasteiger partial charge in [-0.3, -0.25) is 4.79 Å². The highest BCUT2D eigenvalue weighted by Gasteiger charge is 2.07. The van der Waals surface area contributed by atoms with Crippen molar-refractivity contribution < 1.29 is 14.7 Å². The first kappa shape index (κ1) is 14.4. The van der Waals surface area contributed by atoms with Crippen molar-refractivity contribution >= 4 is 23.6 Å². The van der Waals surface area contributed by atoms with E-state index in [9.17, 15) is 9.59 Å². The minimum atomic E-state index is -1.01.